The fourth-order valence-electron chi connectivity index (χ4n) is 2.01. The van der Waals surface area contributed by atoms with Crippen LogP contribution in [0.25, 0.3) is 10.8 Å². The SMILES string of the molecule is CCCCCNC(=O)c1cnc(Cl)c2ccccc12. The van der Waals surface area contributed by atoms with Gasteiger partial charge in [-0.2, -0.15) is 0 Å². The molecule has 0 unspecified atom stereocenters. The van der Waals surface area contributed by atoms with Crippen molar-refractivity contribution in [2.24, 2.45) is 0 Å². The van der Waals surface area contributed by atoms with E-state index in [9.17, 15) is 4.79 Å². The van der Waals surface area contributed by atoms with Crippen molar-refractivity contribution in [1.29, 1.82) is 0 Å². The normalized spacial score (nSPS) is 10.6. The number of rotatable bonds is 5. The first-order chi connectivity index (χ1) is 9.24. The van der Waals surface area contributed by atoms with E-state index in [4.69, 9.17) is 11.6 Å². The van der Waals surface area contributed by atoms with E-state index in [2.05, 4.69) is 17.2 Å². The van der Waals surface area contributed by atoms with Gasteiger partial charge in [0.05, 0.1) is 5.56 Å². The van der Waals surface area contributed by atoms with Crippen molar-refractivity contribution in [3.63, 3.8) is 0 Å². The molecular formula is C15H17ClN2O. The van der Waals surface area contributed by atoms with E-state index in [0.717, 1.165) is 30.0 Å². The summed E-state index contributed by atoms with van der Waals surface area (Å²) in [7, 11) is 0. The molecule has 0 saturated heterocycles. The molecule has 0 saturated carbocycles. The van der Waals surface area contributed by atoms with Gasteiger partial charge in [0.2, 0.25) is 0 Å². The van der Waals surface area contributed by atoms with Crippen LogP contribution >= 0.6 is 11.6 Å². The van der Waals surface area contributed by atoms with Crippen molar-refractivity contribution in [1.82, 2.24) is 10.3 Å². The second kappa shape index (κ2) is 6.53. The Labute approximate surface area is 118 Å². The maximum Gasteiger partial charge on any atom is 0.253 e. The second-order valence-electron chi connectivity index (χ2n) is 4.47. The number of benzene rings is 1. The molecule has 0 bridgehead atoms. The summed E-state index contributed by atoms with van der Waals surface area (Å²) in [6.45, 7) is 2.84. The summed E-state index contributed by atoms with van der Waals surface area (Å²) in [4.78, 5) is 16.2. The predicted octanol–water partition coefficient (Wildman–Crippen LogP) is 3.81. The molecule has 1 N–H and O–H groups in total. The zero-order valence-electron chi connectivity index (χ0n) is 10.9. The maximum atomic E-state index is 12.1. The molecule has 3 nitrogen and oxygen atoms in total. The molecule has 0 spiro atoms. The number of nitrogens with one attached hydrogen (secondary N) is 1. The zero-order chi connectivity index (χ0) is 13.7. The number of fused-ring (bicyclic) bond motifs is 1. The minimum Gasteiger partial charge on any atom is -0.352 e. The van der Waals surface area contributed by atoms with Gasteiger partial charge in [-0.1, -0.05) is 55.6 Å². The molecular weight excluding hydrogens is 260 g/mol. The van der Waals surface area contributed by atoms with Gasteiger partial charge in [-0.25, -0.2) is 4.98 Å². The molecule has 2 rings (SSSR count). The molecule has 0 aliphatic rings. The highest BCUT2D eigenvalue weighted by atomic mass is 35.5. The van der Waals surface area contributed by atoms with E-state index < -0.39 is 0 Å². The van der Waals surface area contributed by atoms with E-state index in [0.29, 0.717) is 17.3 Å². The number of aromatic nitrogens is 1. The van der Waals surface area contributed by atoms with E-state index in [-0.39, 0.29) is 5.91 Å². The standard InChI is InChI=1S/C15H17ClN2O/c1-2-3-6-9-17-15(19)13-10-18-14(16)12-8-5-4-7-11(12)13/h4-5,7-8,10H,2-3,6,9H2,1H3,(H,17,19). The monoisotopic (exact) mass is 276 g/mol. The molecule has 0 fully saturated rings. The highest BCUT2D eigenvalue weighted by Crippen LogP contribution is 2.23. The quantitative estimate of drug-likeness (QED) is 0.666. The molecule has 1 aromatic carbocycles. The summed E-state index contributed by atoms with van der Waals surface area (Å²) in [5, 5.41) is 5.01. The molecule has 1 heterocycles. The number of pyridine rings is 1. The summed E-state index contributed by atoms with van der Waals surface area (Å²) >= 11 is 6.04. The Hall–Kier alpha value is -1.61. The lowest BCUT2D eigenvalue weighted by molar-refractivity contribution is 0.0954. The van der Waals surface area contributed by atoms with Crippen LogP contribution < -0.4 is 5.32 Å². The molecule has 2 aromatic rings. The van der Waals surface area contributed by atoms with Gasteiger partial charge in [-0.05, 0) is 11.8 Å². The highest BCUT2D eigenvalue weighted by Gasteiger charge is 2.11. The van der Waals surface area contributed by atoms with Gasteiger partial charge in [0, 0.05) is 18.1 Å². The Morgan fingerprint density at radius 3 is 2.74 bits per heavy atom. The van der Waals surface area contributed by atoms with Crippen LogP contribution in [0.15, 0.2) is 30.5 Å². The van der Waals surface area contributed by atoms with Gasteiger partial charge in [-0.3, -0.25) is 4.79 Å². The van der Waals surface area contributed by atoms with Crippen LogP contribution in [0.1, 0.15) is 36.5 Å². The van der Waals surface area contributed by atoms with Gasteiger partial charge in [0.1, 0.15) is 5.15 Å². The number of carbonyl (C=O) groups excluding carboxylic acids is 1. The summed E-state index contributed by atoms with van der Waals surface area (Å²) in [5.74, 6) is -0.0866. The summed E-state index contributed by atoms with van der Waals surface area (Å²) in [5.41, 5.74) is 0.580. The topological polar surface area (TPSA) is 42.0 Å². The van der Waals surface area contributed by atoms with Gasteiger partial charge in [0.25, 0.3) is 5.91 Å². The molecule has 0 aliphatic heterocycles. The molecule has 0 aliphatic carbocycles. The van der Waals surface area contributed by atoms with Crippen molar-refractivity contribution in [2.75, 3.05) is 6.54 Å². The van der Waals surface area contributed by atoms with Crippen LogP contribution in [0.2, 0.25) is 5.15 Å². The fraction of sp³-hybridized carbons (Fsp3) is 0.333. The van der Waals surface area contributed by atoms with Crippen LogP contribution in [0.4, 0.5) is 0 Å². The first kappa shape index (κ1) is 13.8. The van der Waals surface area contributed by atoms with Crippen molar-refractivity contribution in [3.05, 3.63) is 41.2 Å². The Kier molecular flexibility index (Phi) is 4.74. The van der Waals surface area contributed by atoms with Crippen molar-refractivity contribution >= 4 is 28.3 Å². The Bertz CT molecular complexity index is 583. The van der Waals surface area contributed by atoms with Crippen molar-refractivity contribution in [2.45, 2.75) is 26.2 Å². The third-order valence-corrected chi connectivity index (χ3v) is 3.36. The Balaban J connectivity index is 2.20. The number of halogens is 1. The third kappa shape index (κ3) is 3.24. The van der Waals surface area contributed by atoms with E-state index >= 15 is 0 Å². The van der Waals surface area contributed by atoms with Crippen LogP contribution in [-0.4, -0.2) is 17.4 Å². The van der Waals surface area contributed by atoms with Crippen molar-refractivity contribution in [3.8, 4) is 0 Å². The first-order valence-corrected chi connectivity index (χ1v) is 6.93. The van der Waals surface area contributed by atoms with Gasteiger partial charge in [-0.15, -0.1) is 0 Å². The Morgan fingerprint density at radius 2 is 2.00 bits per heavy atom. The number of nitrogens with zero attached hydrogens (tertiary/aromatic N) is 1. The van der Waals surface area contributed by atoms with E-state index in [1.54, 1.807) is 6.20 Å². The minimum absolute atomic E-state index is 0.0866. The third-order valence-electron chi connectivity index (χ3n) is 3.06. The molecule has 1 amide bonds. The lowest BCUT2D eigenvalue weighted by atomic mass is 10.1. The number of carbonyl (C=O) groups is 1. The molecule has 100 valence electrons. The number of amides is 1. The highest BCUT2D eigenvalue weighted by molar-refractivity contribution is 6.34. The smallest absolute Gasteiger partial charge is 0.253 e. The lowest BCUT2D eigenvalue weighted by Gasteiger charge is -2.08. The summed E-state index contributed by atoms with van der Waals surface area (Å²) in [6.07, 6.45) is 4.81. The first-order valence-electron chi connectivity index (χ1n) is 6.55. The second-order valence-corrected chi connectivity index (χ2v) is 4.83. The van der Waals surface area contributed by atoms with Gasteiger partial charge >= 0.3 is 0 Å². The summed E-state index contributed by atoms with van der Waals surface area (Å²) < 4.78 is 0. The van der Waals surface area contributed by atoms with E-state index in [1.807, 2.05) is 24.3 Å². The average molecular weight is 277 g/mol. The van der Waals surface area contributed by atoms with Crippen LogP contribution in [-0.2, 0) is 0 Å². The van der Waals surface area contributed by atoms with Crippen LogP contribution in [0, 0.1) is 0 Å². The average Bonchev–Trinajstić information content (AvgIpc) is 2.44. The zero-order valence-corrected chi connectivity index (χ0v) is 11.7. The van der Waals surface area contributed by atoms with Crippen molar-refractivity contribution < 1.29 is 4.79 Å². The number of hydrogen-bond donors (Lipinski definition) is 1. The number of hydrogen-bond acceptors (Lipinski definition) is 2. The molecule has 0 atom stereocenters. The van der Waals surface area contributed by atoms with E-state index in [1.165, 1.54) is 0 Å². The molecule has 19 heavy (non-hydrogen) atoms. The van der Waals surface area contributed by atoms with Gasteiger partial charge < -0.3 is 5.32 Å². The maximum absolute atomic E-state index is 12.1. The lowest BCUT2D eigenvalue weighted by Crippen LogP contribution is -2.24. The number of unbranched alkanes of at least 4 members (excludes halogenated alkanes) is 2. The summed E-state index contributed by atoms with van der Waals surface area (Å²) in [6, 6.07) is 7.55. The van der Waals surface area contributed by atoms with Crippen LogP contribution in [0.5, 0.6) is 0 Å². The Morgan fingerprint density at radius 1 is 1.26 bits per heavy atom. The molecule has 4 heteroatoms. The predicted molar refractivity (Wildman–Crippen MR) is 78.6 cm³/mol. The van der Waals surface area contributed by atoms with Crippen LogP contribution in [0.3, 0.4) is 0 Å². The molecule has 1 aromatic heterocycles. The van der Waals surface area contributed by atoms with Gasteiger partial charge in [0.15, 0.2) is 0 Å². The minimum atomic E-state index is -0.0866. The largest absolute Gasteiger partial charge is 0.352 e. The fourth-order valence-corrected chi connectivity index (χ4v) is 2.22. The molecule has 0 radical (unpaired) electrons.